The van der Waals surface area contributed by atoms with Crippen molar-refractivity contribution in [3.63, 3.8) is 0 Å². The zero-order chi connectivity index (χ0) is 12.7. The number of aliphatic imine (C=N–C) groups is 1. The molecule has 0 radical (unpaired) electrons. The van der Waals surface area contributed by atoms with Gasteiger partial charge in [-0.15, -0.1) is 0 Å². The lowest BCUT2D eigenvalue weighted by Gasteiger charge is -2.17. The van der Waals surface area contributed by atoms with Gasteiger partial charge < -0.3 is 25.3 Å². The van der Waals surface area contributed by atoms with Crippen molar-refractivity contribution in [2.24, 2.45) is 4.99 Å². The monoisotopic (exact) mass is 254 g/mol. The zero-order valence-electron chi connectivity index (χ0n) is 9.54. The highest BCUT2D eigenvalue weighted by molar-refractivity contribution is 5.85. The minimum atomic E-state index is -0.769. The molecule has 3 atom stereocenters. The third kappa shape index (κ3) is 1.65. The van der Waals surface area contributed by atoms with Crippen molar-refractivity contribution in [3.05, 3.63) is 16.2 Å². The number of anilines is 1. The van der Waals surface area contributed by atoms with E-state index in [1.165, 1.54) is 4.57 Å². The number of aromatic amines is 1. The summed E-state index contributed by atoms with van der Waals surface area (Å²) >= 11 is 0. The number of nitrogens with zero attached hydrogens (tertiary/aromatic N) is 2. The van der Waals surface area contributed by atoms with Gasteiger partial charge in [0.2, 0.25) is 0 Å². The number of nitrogens with one attached hydrogen (secondary N) is 2. The molecule has 0 aromatic carbocycles. The SMILES string of the molecule is O=c1[nH]c2c(n1[C@H]1CC(O)C(CO)O1)NCN=C2. The zero-order valence-corrected chi connectivity index (χ0v) is 9.54. The molecule has 4 N–H and O–H groups in total. The van der Waals surface area contributed by atoms with Crippen LogP contribution < -0.4 is 11.0 Å². The molecule has 1 aromatic rings. The summed E-state index contributed by atoms with van der Waals surface area (Å²) in [5.74, 6) is 0.603. The van der Waals surface area contributed by atoms with Gasteiger partial charge in [0.1, 0.15) is 30.5 Å². The molecule has 0 bridgehead atoms. The maximum atomic E-state index is 11.9. The predicted octanol–water partition coefficient (Wildman–Crippen LogP) is -1.38. The van der Waals surface area contributed by atoms with E-state index >= 15 is 0 Å². The molecular weight excluding hydrogens is 240 g/mol. The topological polar surface area (TPSA) is 112 Å². The van der Waals surface area contributed by atoms with Gasteiger partial charge in [-0.2, -0.15) is 0 Å². The van der Waals surface area contributed by atoms with Crippen LogP contribution in [0, 0.1) is 0 Å². The fourth-order valence-electron chi connectivity index (χ4n) is 2.31. The average molecular weight is 254 g/mol. The van der Waals surface area contributed by atoms with Crippen molar-refractivity contribution in [1.82, 2.24) is 9.55 Å². The van der Waals surface area contributed by atoms with E-state index in [9.17, 15) is 9.90 Å². The number of aromatic nitrogens is 2. The molecule has 1 fully saturated rings. The molecule has 2 aliphatic rings. The third-order valence-corrected chi connectivity index (χ3v) is 3.19. The molecule has 8 heteroatoms. The molecule has 3 rings (SSSR count). The van der Waals surface area contributed by atoms with E-state index in [0.29, 0.717) is 18.2 Å². The largest absolute Gasteiger partial charge is 0.394 e. The van der Waals surface area contributed by atoms with Crippen molar-refractivity contribution >= 4 is 12.0 Å². The summed E-state index contributed by atoms with van der Waals surface area (Å²) in [4.78, 5) is 18.5. The summed E-state index contributed by atoms with van der Waals surface area (Å²) in [6, 6.07) is 0. The molecular formula is C10H14N4O4. The Bertz CT molecular complexity index is 534. The standard InChI is InChI=1S/C10H14N4O4/c15-3-7-6(16)1-8(18-7)14-9-5(13-10(14)17)2-11-4-12-9/h2,6-8,12,15-16H,1,3-4H2,(H,13,17)/t6?,7?,8-/m1/s1. The fourth-order valence-corrected chi connectivity index (χ4v) is 2.31. The molecule has 3 heterocycles. The van der Waals surface area contributed by atoms with Crippen molar-refractivity contribution in [1.29, 1.82) is 0 Å². The van der Waals surface area contributed by atoms with Gasteiger partial charge >= 0.3 is 5.69 Å². The number of H-pyrrole nitrogens is 1. The van der Waals surface area contributed by atoms with Gasteiger partial charge in [-0.1, -0.05) is 0 Å². The maximum absolute atomic E-state index is 11.9. The van der Waals surface area contributed by atoms with Gasteiger partial charge in [-0.25, -0.2) is 4.79 Å². The van der Waals surface area contributed by atoms with Gasteiger partial charge in [0.05, 0.1) is 18.9 Å². The first-order chi connectivity index (χ1) is 8.70. The van der Waals surface area contributed by atoms with Gasteiger partial charge in [0.25, 0.3) is 0 Å². The Morgan fingerprint density at radius 2 is 2.44 bits per heavy atom. The van der Waals surface area contributed by atoms with E-state index < -0.39 is 18.4 Å². The fraction of sp³-hybridized carbons (Fsp3) is 0.600. The highest BCUT2D eigenvalue weighted by atomic mass is 16.5. The van der Waals surface area contributed by atoms with E-state index in [4.69, 9.17) is 9.84 Å². The smallest absolute Gasteiger partial charge is 0.329 e. The normalized spacial score (nSPS) is 30.2. The summed E-state index contributed by atoms with van der Waals surface area (Å²) in [6.07, 6.45) is -0.143. The van der Waals surface area contributed by atoms with Gasteiger partial charge in [0.15, 0.2) is 0 Å². The van der Waals surface area contributed by atoms with Crippen molar-refractivity contribution < 1.29 is 14.9 Å². The number of ether oxygens (including phenoxy) is 1. The van der Waals surface area contributed by atoms with Crippen LogP contribution in [0.15, 0.2) is 9.79 Å². The molecule has 0 amide bonds. The Hall–Kier alpha value is -1.64. The van der Waals surface area contributed by atoms with E-state index in [-0.39, 0.29) is 18.7 Å². The number of rotatable bonds is 2. The highest BCUT2D eigenvalue weighted by Gasteiger charge is 2.36. The number of aliphatic hydroxyl groups is 2. The first kappa shape index (κ1) is 11.5. The molecule has 0 aliphatic carbocycles. The molecule has 98 valence electrons. The predicted molar refractivity (Wildman–Crippen MR) is 62.8 cm³/mol. The molecule has 1 aromatic heterocycles. The summed E-state index contributed by atoms with van der Waals surface area (Å²) in [6.45, 7) is 0.122. The number of hydrogen-bond donors (Lipinski definition) is 4. The van der Waals surface area contributed by atoms with Crippen LogP contribution in [0.1, 0.15) is 18.3 Å². The first-order valence-corrected chi connectivity index (χ1v) is 5.73. The quantitative estimate of drug-likeness (QED) is 0.519. The number of imidazole rings is 1. The average Bonchev–Trinajstić information content (AvgIpc) is 2.88. The minimum absolute atomic E-state index is 0.270. The lowest BCUT2D eigenvalue weighted by molar-refractivity contribution is -0.0447. The Labute approximate surface area is 102 Å². The summed E-state index contributed by atoms with van der Waals surface area (Å²) < 4.78 is 6.89. The molecule has 18 heavy (non-hydrogen) atoms. The lowest BCUT2D eigenvalue weighted by Crippen LogP contribution is -2.26. The van der Waals surface area contributed by atoms with Crippen LogP contribution in [-0.4, -0.2) is 51.5 Å². The van der Waals surface area contributed by atoms with Crippen LogP contribution in [0.25, 0.3) is 0 Å². The van der Waals surface area contributed by atoms with Crippen molar-refractivity contribution in [2.75, 3.05) is 18.6 Å². The second kappa shape index (κ2) is 4.23. The summed E-state index contributed by atoms with van der Waals surface area (Å²) in [5.41, 5.74) is 0.272. The number of aliphatic hydroxyl groups excluding tert-OH is 2. The van der Waals surface area contributed by atoms with Gasteiger partial charge in [-0.05, 0) is 0 Å². The molecule has 1 saturated heterocycles. The molecule has 0 spiro atoms. The van der Waals surface area contributed by atoms with Crippen LogP contribution >= 0.6 is 0 Å². The number of fused-ring (bicyclic) bond motifs is 1. The van der Waals surface area contributed by atoms with Crippen molar-refractivity contribution in [2.45, 2.75) is 24.9 Å². The molecule has 2 aliphatic heterocycles. The highest BCUT2D eigenvalue weighted by Crippen LogP contribution is 2.30. The van der Waals surface area contributed by atoms with Crippen LogP contribution in [0.2, 0.25) is 0 Å². The van der Waals surface area contributed by atoms with Gasteiger partial charge in [-0.3, -0.25) is 9.56 Å². The van der Waals surface area contributed by atoms with E-state index in [0.717, 1.165) is 0 Å². The van der Waals surface area contributed by atoms with Crippen LogP contribution in [0.3, 0.4) is 0 Å². The Kier molecular flexibility index (Phi) is 2.69. The first-order valence-electron chi connectivity index (χ1n) is 5.73. The van der Waals surface area contributed by atoms with E-state index in [1.807, 2.05) is 0 Å². The molecule has 2 unspecified atom stereocenters. The maximum Gasteiger partial charge on any atom is 0.329 e. The van der Waals surface area contributed by atoms with Gasteiger partial charge in [0, 0.05) is 6.42 Å². The molecule has 8 nitrogen and oxygen atoms in total. The second-order valence-electron chi connectivity index (χ2n) is 4.32. The minimum Gasteiger partial charge on any atom is -0.394 e. The second-order valence-corrected chi connectivity index (χ2v) is 4.32. The van der Waals surface area contributed by atoms with E-state index in [2.05, 4.69) is 15.3 Å². The summed E-state index contributed by atoms with van der Waals surface area (Å²) in [5, 5.41) is 21.7. The van der Waals surface area contributed by atoms with Crippen molar-refractivity contribution in [3.8, 4) is 0 Å². The third-order valence-electron chi connectivity index (χ3n) is 3.19. The van der Waals surface area contributed by atoms with Crippen LogP contribution in [0.4, 0.5) is 5.82 Å². The number of hydrogen-bond acceptors (Lipinski definition) is 6. The Balaban J connectivity index is 1.96. The Morgan fingerprint density at radius 3 is 3.17 bits per heavy atom. The summed E-state index contributed by atoms with van der Waals surface area (Å²) in [7, 11) is 0. The molecule has 0 saturated carbocycles. The van der Waals surface area contributed by atoms with Crippen LogP contribution in [-0.2, 0) is 4.74 Å². The Morgan fingerprint density at radius 1 is 1.61 bits per heavy atom. The lowest BCUT2D eigenvalue weighted by atomic mass is 10.2. The van der Waals surface area contributed by atoms with E-state index in [1.54, 1.807) is 6.21 Å². The van der Waals surface area contributed by atoms with Crippen LogP contribution in [0.5, 0.6) is 0 Å².